The molecular weight excluding hydrogens is 222 g/mol. The molecule has 84 valence electrons. The van der Waals surface area contributed by atoms with Crippen molar-refractivity contribution >= 4 is 5.69 Å². The Labute approximate surface area is 101 Å². The van der Waals surface area contributed by atoms with E-state index in [1.807, 2.05) is 48.5 Å². The quantitative estimate of drug-likeness (QED) is 0.740. The molecule has 3 heteroatoms. The maximum atomic E-state index is 5.90. The Hall–Kier alpha value is -1.67. The van der Waals surface area contributed by atoms with E-state index in [2.05, 4.69) is 0 Å². The Morgan fingerprint density at radius 1 is 1.00 bits per heavy atom. The van der Waals surface area contributed by atoms with Crippen LogP contribution in [0.15, 0.2) is 48.5 Å². The van der Waals surface area contributed by atoms with Gasteiger partial charge in [-0.3, -0.25) is 0 Å². The second kappa shape index (κ2) is 5.42. The normalized spacial score (nSPS) is 9.31. The van der Waals surface area contributed by atoms with Crippen molar-refractivity contribution in [2.45, 2.75) is 0 Å². The zero-order valence-corrected chi connectivity index (χ0v) is 9.74. The summed E-state index contributed by atoms with van der Waals surface area (Å²) in [5, 5.41) is 0. The third-order valence-corrected chi connectivity index (χ3v) is 2.34. The largest absolute Gasteiger partial charge is 1.00 e. The highest BCUT2D eigenvalue weighted by Gasteiger charge is 2.01. The summed E-state index contributed by atoms with van der Waals surface area (Å²) in [4.78, 5) is 0. The molecule has 0 unspecified atom stereocenters. The number of hydrogen-bond acceptors (Lipinski definition) is 2. The number of para-hydroxylation sites is 1. The minimum absolute atomic E-state index is 0. The van der Waals surface area contributed by atoms with Gasteiger partial charge in [-0.15, -0.1) is 0 Å². The molecule has 0 aliphatic carbocycles. The summed E-state index contributed by atoms with van der Waals surface area (Å²) in [6.45, 7) is 0. The summed E-state index contributed by atoms with van der Waals surface area (Å²) >= 11 is 0. The number of rotatable bonds is 2. The average Bonchev–Trinajstić information content (AvgIpc) is 2.30. The fourth-order valence-electron chi connectivity index (χ4n) is 1.55. The molecule has 2 N–H and O–H groups in total. The number of halogens is 1. The van der Waals surface area contributed by atoms with Crippen LogP contribution in [-0.4, -0.2) is 7.11 Å². The number of nitrogens with two attached hydrogens (primary N) is 1. The average molecular weight is 235 g/mol. The van der Waals surface area contributed by atoms with E-state index in [0.717, 1.165) is 22.6 Å². The SMILES string of the molecule is COc1cccc(-c2ccccc2N)c1.[Cl-]. The maximum absolute atomic E-state index is 5.90. The summed E-state index contributed by atoms with van der Waals surface area (Å²) < 4.78 is 5.18. The molecule has 0 saturated carbocycles. The van der Waals surface area contributed by atoms with Gasteiger partial charge in [0.05, 0.1) is 7.11 Å². The number of ether oxygens (including phenoxy) is 1. The van der Waals surface area contributed by atoms with Gasteiger partial charge in [-0.25, -0.2) is 0 Å². The minimum atomic E-state index is 0. The van der Waals surface area contributed by atoms with Crippen LogP contribution in [0.3, 0.4) is 0 Å². The minimum Gasteiger partial charge on any atom is -1.00 e. The summed E-state index contributed by atoms with van der Waals surface area (Å²) in [6, 6.07) is 15.7. The lowest BCUT2D eigenvalue weighted by Crippen LogP contribution is -3.00. The summed E-state index contributed by atoms with van der Waals surface area (Å²) in [5.74, 6) is 0.843. The topological polar surface area (TPSA) is 35.2 Å². The summed E-state index contributed by atoms with van der Waals surface area (Å²) in [5.41, 5.74) is 8.80. The second-order valence-corrected chi connectivity index (χ2v) is 3.32. The lowest BCUT2D eigenvalue weighted by molar-refractivity contribution is -0.00000332. The first kappa shape index (κ1) is 12.4. The third kappa shape index (κ3) is 2.47. The first-order valence-electron chi connectivity index (χ1n) is 4.80. The van der Waals surface area contributed by atoms with E-state index >= 15 is 0 Å². The van der Waals surface area contributed by atoms with Crippen LogP contribution < -0.4 is 22.9 Å². The van der Waals surface area contributed by atoms with Gasteiger partial charge in [-0.05, 0) is 23.8 Å². The lowest BCUT2D eigenvalue weighted by atomic mass is 10.0. The second-order valence-electron chi connectivity index (χ2n) is 3.32. The van der Waals surface area contributed by atoms with Gasteiger partial charge in [0.1, 0.15) is 5.75 Å². The highest BCUT2D eigenvalue weighted by molar-refractivity contribution is 5.76. The highest BCUT2D eigenvalue weighted by Crippen LogP contribution is 2.27. The Bertz CT molecular complexity index is 471. The zero-order chi connectivity index (χ0) is 10.7. The molecule has 0 bridgehead atoms. The van der Waals surface area contributed by atoms with E-state index in [0.29, 0.717) is 0 Å². The van der Waals surface area contributed by atoms with E-state index in [1.54, 1.807) is 7.11 Å². The Morgan fingerprint density at radius 2 is 1.75 bits per heavy atom. The van der Waals surface area contributed by atoms with E-state index in [9.17, 15) is 0 Å². The van der Waals surface area contributed by atoms with Crippen molar-refractivity contribution in [3.05, 3.63) is 48.5 Å². The smallest absolute Gasteiger partial charge is 0.119 e. The molecule has 2 nitrogen and oxygen atoms in total. The molecule has 0 atom stereocenters. The van der Waals surface area contributed by atoms with Crippen molar-refractivity contribution < 1.29 is 17.1 Å². The Balaban J connectivity index is 0.00000128. The van der Waals surface area contributed by atoms with E-state index in [1.165, 1.54) is 0 Å². The first-order valence-corrected chi connectivity index (χ1v) is 4.80. The number of nitrogen functional groups attached to an aromatic ring is 1. The van der Waals surface area contributed by atoms with Crippen molar-refractivity contribution in [3.63, 3.8) is 0 Å². The Kier molecular flexibility index (Phi) is 4.20. The number of anilines is 1. The molecule has 0 aliphatic heterocycles. The molecule has 0 amide bonds. The van der Waals surface area contributed by atoms with Crippen LogP contribution in [0.25, 0.3) is 11.1 Å². The van der Waals surface area contributed by atoms with Crippen LogP contribution in [0.4, 0.5) is 5.69 Å². The van der Waals surface area contributed by atoms with Gasteiger partial charge in [-0.1, -0.05) is 30.3 Å². The standard InChI is InChI=1S/C13H13NO.ClH/c1-15-11-6-4-5-10(9-11)12-7-2-3-8-13(12)14;/h2-9H,14H2,1H3;1H/p-1. The summed E-state index contributed by atoms with van der Waals surface area (Å²) in [7, 11) is 1.66. The highest BCUT2D eigenvalue weighted by atomic mass is 35.5. The van der Waals surface area contributed by atoms with Crippen LogP contribution in [0.5, 0.6) is 5.75 Å². The predicted octanol–water partition coefficient (Wildman–Crippen LogP) is -0.0516. The van der Waals surface area contributed by atoms with Crippen LogP contribution >= 0.6 is 0 Å². The van der Waals surface area contributed by atoms with Gasteiger partial charge < -0.3 is 22.9 Å². The molecular formula is C13H13ClNO-. The van der Waals surface area contributed by atoms with Gasteiger partial charge in [0.25, 0.3) is 0 Å². The molecule has 0 heterocycles. The van der Waals surface area contributed by atoms with Crippen molar-refractivity contribution in [1.82, 2.24) is 0 Å². The van der Waals surface area contributed by atoms with Gasteiger partial charge >= 0.3 is 0 Å². The molecule has 0 aromatic heterocycles. The van der Waals surface area contributed by atoms with E-state index in [4.69, 9.17) is 10.5 Å². The van der Waals surface area contributed by atoms with Crippen LogP contribution in [0.1, 0.15) is 0 Å². The number of hydrogen-bond donors (Lipinski definition) is 1. The van der Waals surface area contributed by atoms with Gasteiger partial charge in [0.15, 0.2) is 0 Å². The molecule has 2 aromatic rings. The molecule has 0 saturated heterocycles. The number of benzene rings is 2. The van der Waals surface area contributed by atoms with Crippen molar-refractivity contribution in [2.24, 2.45) is 0 Å². The van der Waals surface area contributed by atoms with E-state index in [-0.39, 0.29) is 12.4 Å². The number of methoxy groups -OCH3 is 1. The molecule has 0 spiro atoms. The third-order valence-electron chi connectivity index (χ3n) is 2.34. The van der Waals surface area contributed by atoms with Gasteiger partial charge in [0.2, 0.25) is 0 Å². The van der Waals surface area contributed by atoms with E-state index < -0.39 is 0 Å². The maximum Gasteiger partial charge on any atom is 0.119 e. The van der Waals surface area contributed by atoms with Crippen molar-refractivity contribution in [1.29, 1.82) is 0 Å². The van der Waals surface area contributed by atoms with Crippen molar-refractivity contribution in [2.75, 3.05) is 12.8 Å². The molecule has 0 radical (unpaired) electrons. The molecule has 0 fully saturated rings. The van der Waals surface area contributed by atoms with Crippen molar-refractivity contribution in [3.8, 4) is 16.9 Å². The zero-order valence-electron chi connectivity index (χ0n) is 8.98. The molecule has 2 rings (SSSR count). The monoisotopic (exact) mass is 234 g/mol. The van der Waals surface area contributed by atoms with Crippen LogP contribution in [0, 0.1) is 0 Å². The fourth-order valence-corrected chi connectivity index (χ4v) is 1.55. The van der Waals surface area contributed by atoms with Gasteiger partial charge in [0, 0.05) is 11.3 Å². The Morgan fingerprint density at radius 3 is 2.44 bits per heavy atom. The molecule has 2 aromatic carbocycles. The fraction of sp³-hybridized carbons (Fsp3) is 0.0769. The van der Waals surface area contributed by atoms with Crippen LogP contribution in [0.2, 0.25) is 0 Å². The molecule has 0 aliphatic rings. The lowest BCUT2D eigenvalue weighted by Gasteiger charge is -2.07. The predicted molar refractivity (Wildman–Crippen MR) is 62.8 cm³/mol. The van der Waals surface area contributed by atoms with Gasteiger partial charge in [-0.2, -0.15) is 0 Å². The van der Waals surface area contributed by atoms with Crippen LogP contribution in [-0.2, 0) is 0 Å². The molecule has 16 heavy (non-hydrogen) atoms. The summed E-state index contributed by atoms with van der Waals surface area (Å²) in [6.07, 6.45) is 0. The first-order chi connectivity index (χ1) is 7.31.